The van der Waals surface area contributed by atoms with Crippen LogP contribution >= 0.6 is 15.9 Å². The summed E-state index contributed by atoms with van der Waals surface area (Å²) in [5, 5.41) is 7.29. The van der Waals surface area contributed by atoms with Crippen LogP contribution in [0.25, 0.3) is 5.69 Å². The van der Waals surface area contributed by atoms with E-state index in [-0.39, 0.29) is 5.91 Å². The number of ether oxygens (including phenoxy) is 1. The number of rotatable bonds is 6. The molecule has 0 unspecified atom stereocenters. The van der Waals surface area contributed by atoms with Crippen LogP contribution in [-0.4, -0.2) is 20.7 Å². The maximum atomic E-state index is 12.8. The molecule has 0 fully saturated rings. The van der Waals surface area contributed by atoms with Crippen LogP contribution in [-0.2, 0) is 6.61 Å². The number of carbonyl (C=O) groups is 1. The van der Waals surface area contributed by atoms with Crippen molar-refractivity contribution in [3.8, 4) is 11.4 Å². The number of nitrogens with zero attached hydrogens (tertiary/aromatic N) is 3. The fraction of sp³-hybridized carbons (Fsp3) is 0.0870. The van der Waals surface area contributed by atoms with Crippen molar-refractivity contribution in [3.63, 3.8) is 0 Å². The van der Waals surface area contributed by atoms with Gasteiger partial charge in [0.15, 0.2) is 0 Å². The zero-order valence-corrected chi connectivity index (χ0v) is 17.8. The quantitative estimate of drug-likeness (QED) is 0.429. The monoisotopic (exact) mass is 462 g/mol. The molecule has 4 aromatic rings. The number of nitrogens with one attached hydrogen (secondary N) is 1. The van der Waals surface area contributed by atoms with Crippen LogP contribution < -0.4 is 10.1 Å². The fourth-order valence-electron chi connectivity index (χ4n) is 2.99. The first-order chi connectivity index (χ1) is 14.6. The van der Waals surface area contributed by atoms with Crippen molar-refractivity contribution < 1.29 is 9.53 Å². The van der Waals surface area contributed by atoms with Crippen LogP contribution in [0.5, 0.6) is 5.75 Å². The van der Waals surface area contributed by atoms with Gasteiger partial charge in [-0.2, -0.15) is 5.10 Å². The predicted molar refractivity (Wildman–Crippen MR) is 119 cm³/mol. The van der Waals surface area contributed by atoms with Crippen molar-refractivity contribution in [2.24, 2.45) is 0 Å². The van der Waals surface area contributed by atoms with Gasteiger partial charge in [-0.3, -0.25) is 9.78 Å². The van der Waals surface area contributed by atoms with Gasteiger partial charge in [0.1, 0.15) is 12.4 Å². The van der Waals surface area contributed by atoms with Gasteiger partial charge in [-0.25, -0.2) is 4.68 Å². The Morgan fingerprint density at radius 2 is 1.93 bits per heavy atom. The molecular weight excluding hydrogens is 444 g/mol. The Balaban J connectivity index is 1.46. The molecule has 0 aliphatic carbocycles. The van der Waals surface area contributed by atoms with Crippen LogP contribution in [0.3, 0.4) is 0 Å². The van der Waals surface area contributed by atoms with Gasteiger partial charge in [0.25, 0.3) is 5.91 Å². The van der Waals surface area contributed by atoms with Crippen molar-refractivity contribution in [3.05, 3.63) is 101 Å². The van der Waals surface area contributed by atoms with Gasteiger partial charge in [-0.05, 0) is 49.4 Å². The molecule has 0 aliphatic rings. The smallest absolute Gasteiger partial charge is 0.259 e. The minimum absolute atomic E-state index is 0.222. The van der Waals surface area contributed by atoms with E-state index in [0.29, 0.717) is 23.6 Å². The second kappa shape index (κ2) is 8.92. The topological polar surface area (TPSA) is 69.0 Å². The minimum Gasteiger partial charge on any atom is -0.489 e. The Labute approximate surface area is 182 Å². The second-order valence-corrected chi connectivity index (χ2v) is 7.58. The molecule has 7 heteroatoms. The van der Waals surface area contributed by atoms with Crippen LogP contribution in [0.15, 0.2) is 83.7 Å². The number of hydrogen-bond donors (Lipinski definition) is 1. The largest absolute Gasteiger partial charge is 0.489 e. The molecule has 4 rings (SSSR count). The fourth-order valence-corrected chi connectivity index (χ4v) is 3.25. The summed E-state index contributed by atoms with van der Waals surface area (Å²) in [6, 6.07) is 18.9. The number of benzene rings is 2. The molecule has 1 amide bonds. The van der Waals surface area contributed by atoms with Gasteiger partial charge in [-0.15, -0.1) is 0 Å². The van der Waals surface area contributed by atoms with Gasteiger partial charge in [0, 0.05) is 34.2 Å². The summed E-state index contributed by atoms with van der Waals surface area (Å²) in [5.41, 5.74) is 3.79. The summed E-state index contributed by atoms with van der Waals surface area (Å²) in [6.45, 7) is 2.28. The number of hydrogen-bond acceptors (Lipinski definition) is 4. The molecule has 0 atom stereocenters. The lowest BCUT2D eigenvalue weighted by atomic mass is 10.2. The molecule has 150 valence electrons. The van der Waals surface area contributed by atoms with Gasteiger partial charge in [-0.1, -0.05) is 28.1 Å². The van der Waals surface area contributed by atoms with Crippen LogP contribution in [0.4, 0.5) is 5.69 Å². The van der Waals surface area contributed by atoms with Crippen molar-refractivity contribution in [1.82, 2.24) is 14.8 Å². The lowest BCUT2D eigenvalue weighted by Gasteiger charge is -2.09. The zero-order chi connectivity index (χ0) is 20.9. The van der Waals surface area contributed by atoms with Crippen molar-refractivity contribution >= 4 is 27.5 Å². The molecule has 6 nitrogen and oxygen atoms in total. The SMILES string of the molecule is Cc1c(C(=O)Nc2cccc(OCc3cccnc3)c2)cnn1-c1ccc(Br)cc1. The average Bonchev–Trinajstić information content (AvgIpc) is 3.15. The summed E-state index contributed by atoms with van der Waals surface area (Å²) in [6.07, 6.45) is 5.06. The van der Waals surface area contributed by atoms with E-state index in [0.717, 1.165) is 21.4 Å². The van der Waals surface area contributed by atoms with Crippen LogP contribution in [0.2, 0.25) is 0 Å². The first-order valence-corrected chi connectivity index (χ1v) is 10.1. The van der Waals surface area contributed by atoms with Gasteiger partial charge in [0.2, 0.25) is 0 Å². The first-order valence-electron chi connectivity index (χ1n) is 9.34. The van der Waals surface area contributed by atoms with Crippen LogP contribution in [0, 0.1) is 6.92 Å². The summed E-state index contributed by atoms with van der Waals surface area (Å²) >= 11 is 3.42. The van der Waals surface area contributed by atoms with E-state index in [1.807, 2.05) is 61.5 Å². The molecular formula is C23H19BrN4O2. The Morgan fingerprint density at radius 1 is 1.10 bits per heavy atom. The lowest BCUT2D eigenvalue weighted by Crippen LogP contribution is -2.13. The Hall–Kier alpha value is -3.45. The van der Waals surface area contributed by atoms with E-state index in [2.05, 4.69) is 31.3 Å². The highest BCUT2D eigenvalue weighted by Crippen LogP contribution is 2.21. The maximum absolute atomic E-state index is 12.8. The summed E-state index contributed by atoms with van der Waals surface area (Å²) < 4.78 is 8.53. The van der Waals surface area contributed by atoms with Gasteiger partial charge >= 0.3 is 0 Å². The van der Waals surface area contributed by atoms with Crippen molar-refractivity contribution in [2.75, 3.05) is 5.32 Å². The van der Waals surface area contributed by atoms with E-state index in [9.17, 15) is 4.79 Å². The molecule has 1 N–H and O–H groups in total. The minimum atomic E-state index is -0.222. The summed E-state index contributed by atoms with van der Waals surface area (Å²) in [5.74, 6) is 0.444. The molecule has 2 aromatic heterocycles. The molecule has 0 bridgehead atoms. The first kappa shape index (κ1) is 19.8. The van der Waals surface area contributed by atoms with Gasteiger partial charge < -0.3 is 10.1 Å². The van der Waals surface area contributed by atoms with E-state index >= 15 is 0 Å². The third kappa shape index (κ3) is 4.58. The molecule has 0 spiro atoms. The second-order valence-electron chi connectivity index (χ2n) is 6.66. The Bertz CT molecular complexity index is 1160. The summed E-state index contributed by atoms with van der Waals surface area (Å²) in [7, 11) is 0. The van der Waals surface area contributed by atoms with E-state index in [4.69, 9.17) is 4.74 Å². The average molecular weight is 463 g/mol. The predicted octanol–water partition coefficient (Wildman–Crippen LogP) is 5.17. The third-order valence-corrected chi connectivity index (χ3v) is 5.07. The van der Waals surface area contributed by atoms with E-state index < -0.39 is 0 Å². The highest BCUT2D eigenvalue weighted by Gasteiger charge is 2.15. The standard InChI is InChI=1S/C23H19BrN4O2/c1-16-22(14-26-28(16)20-9-7-18(24)8-10-20)23(29)27-19-5-2-6-21(12-19)30-15-17-4-3-11-25-13-17/h2-14H,15H2,1H3,(H,27,29). The zero-order valence-electron chi connectivity index (χ0n) is 16.2. The maximum Gasteiger partial charge on any atom is 0.259 e. The summed E-state index contributed by atoms with van der Waals surface area (Å²) in [4.78, 5) is 16.9. The number of anilines is 1. The molecule has 2 aromatic carbocycles. The Morgan fingerprint density at radius 3 is 2.70 bits per heavy atom. The molecule has 0 saturated heterocycles. The molecule has 0 saturated carbocycles. The number of aromatic nitrogens is 3. The Kier molecular flexibility index (Phi) is 5.90. The molecule has 30 heavy (non-hydrogen) atoms. The molecule has 2 heterocycles. The van der Waals surface area contributed by atoms with E-state index in [1.165, 1.54) is 0 Å². The molecule has 0 radical (unpaired) electrons. The normalized spacial score (nSPS) is 10.6. The van der Waals surface area contributed by atoms with E-state index in [1.54, 1.807) is 29.3 Å². The third-order valence-electron chi connectivity index (χ3n) is 4.55. The van der Waals surface area contributed by atoms with Crippen molar-refractivity contribution in [2.45, 2.75) is 13.5 Å². The number of pyridine rings is 1. The van der Waals surface area contributed by atoms with Crippen LogP contribution in [0.1, 0.15) is 21.6 Å². The number of carbonyl (C=O) groups excluding carboxylic acids is 1. The number of halogens is 1. The number of amides is 1. The van der Waals surface area contributed by atoms with Crippen molar-refractivity contribution in [1.29, 1.82) is 0 Å². The lowest BCUT2D eigenvalue weighted by molar-refractivity contribution is 0.102. The van der Waals surface area contributed by atoms with Gasteiger partial charge in [0.05, 0.1) is 23.1 Å². The highest BCUT2D eigenvalue weighted by atomic mass is 79.9. The molecule has 0 aliphatic heterocycles. The highest BCUT2D eigenvalue weighted by molar-refractivity contribution is 9.10.